The van der Waals surface area contributed by atoms with Crippen LogP contribution in [0.25, 0.3) is 0 Å². The first-order chi connectivity index (χ1) is 13.9. The maximum Gasteiger partial charge on any atom is 0.317 e. The maximum atomic E-state index is 12.4. The number of carbonyl (C=O) groups is 2. The number of carbonyl (C=O) groups excluding carboxylic acids is 1. The van der Waals surface area contributed by atoms with E-state index in [1.807, 2.05) is 51.5 Å². The number of nitrogens with one attached hydrogen (secondary N) is 1. The Labute approximate surface area is 172 Å². The quantitative estimate of drug-likeness (QED) is 0.591. The number of hydrogen-bond acceptors (Lipinski definition) is 4. The molecule has 0 saturated carbocycles. The summed E-state index contributed by atoms with van der Waals surface area (Å²) in [5.74, 6) is 0.267. The highest BCUT2D eigenvalue weighted by molar-refractivity contribution is 5.73. The van der Waals surface area contributed by atoms with Gasteiger partial charge in [-0.3, -0.25) is 4.79 Å². The van der Waals surface area contributed by atoms with Crippen molar-refractivity contribution in [1.29, 1.82) is 0 Å². The Kier molecular flexibility index (Phi) is 10.9. The smallest absolute Gasteiger partial charge is 0.317 e. The van der Waals surface area contributed by atoms with Crippen LogP contribution in [0, 0.1) is 0 Å². The lowest BCUT2D eigenvalue weighted by Gasteiger charge is -2.26. The van der Waals surface area contributed by atoms with Gasteiger partial charge in [-0.1, -0.05) is 42.5 Å². The SMILES string of the molecule is CN(CCc1ccccc1)C(=O)NC[C@H](Cc1ccc(O)cc1)N(C)C.O=CO. The van der Waals surface area contributed by atoms with Gasteiger partial charge in [-0.25, -0.2) is 4.79 Å². The summed E-state index contributed by atoms with van der Waals surface area (Å²) in [5, 5.41) is 19.3. The second-order valence-electron chi connectivity index (χ2n) is 6.94. The molecule has 0 aliphatic rings. The molecule has 0 aliphatic carbocycles. The van der Waals surface area contributed by atoms with Crippen molar-refractivity contribution in [2.45, 2.75) is 18.9 Å². The van der Waals surface area contributed by atoms with Gasteiger partial charge in [0.15, 0.2) is 0 Å². The number of aromatic hydroxyl groups is 1. The van der Waals surface area contributed by atoms with Gasteiger partial charge in [0.05, 0.1) is 0 Å². The summed E-state index contributed by atoms with van der Waals surface area (Å²) in [4.78, 5) is 24.5. The van der Waals surface area contributed by atoms with Crippen molar-refractivity contribution in [2.24, 2.45) is 0 Å². The molecule has 158 valence electrons. The number of phenolic OH excluding ortho intramolecular Hbond substituents is 1. The third-order valence-corrected chi connectivity index (χ3v) is 4.55. The summed E-state index contributed by atoms with van der Waals surface area (Å²) < 4.78 is 0. The first-order valence-electron chi connectivity index (χ1n) is 9.42. The fourth-order valence-corrected chi connectivity index (χ4v) is 2.72. The van der Waals surface area contributed by atoms with E-state index in [2.05, 4.69) is 22.3 Å². The number of rotatable bonds is 8. The molecule has 1 atom stereocenters. The number of amides is 2. The summed E-state index contributed by atoms with van der Waals surface area (Å²) in [6, 6.07) is 17.5. The number of likely N-dealkylation sites (N-methyl/N-ethyl adjacent to an activating group) is 2. The standard InChI is InChI=1S/C21H29N3O2.CH2O2/c1-23(2)19(15-18-9-11-20(25)12-10-18)16-22-21(26)24(3)14-13-17-7-5-4-6-8-17;2-1-3/h4-12,19,25H,13-16H2,1-3H3,(H,22,26);1H,(H,2,3)/t19-;/m0./s1. The van der Waals surface area contributed by atoms with Crippen molar-refractivity contribution in [2.75, 3.05) is 34.2 Å². The minimum atomic E-state index is -0.250. The van der Waals surface area contributed by atoms with Gasteiger partial charge in [-0.15, -0.1) is 0 Å². The zero-order valence-electron chi connectivity index (χ0n) is 17.3. The first-order valence-corrected chi connectivity index (χ1v) is 9.42. The Hall–Kier alpha value is -3.06. The van der Waals surface area contributed by atoms with E-state index in [1.54, 1.807) is 17.0 Å². The molecular formula is C22H31N3O4. The molecule has 0 heterocycles. The van der Waals surface area contributed by atoms with Crippen molar-refractivity contribution < 1.29 is 19.8 Å². The van der Waals surface area contributed by atoms with E-state index in [0.717, 1.165) is 18.4 Å². The van der Waals surface area contributed by atoms with Crippen LogP contribution in [0.2, 0.25) is 0 Å². The molecule has 0 saturated heterocycles. The van der Waals surface area contributed by atoms with E-state index in [4.69, 9.17) is 9.90 Å². The topological polar surface area (TPSA) is 93.1 Å². The highest BCUT2D eigenvalue weighted by Crippen LogP contribution is 2.12. The Morgan fingerprint density at radius 1 is 1.03 bits per heavy atom. The monoisotopic (exact) mass is 401 g/mol. The van der Waals surface area contributed by atoms with Crippen LogP contribution in [0.4, 0.5) is 4.79 Å². The van der Waals surface area contributed by atoms with Crippen LogP contribution in [0.1, 0.15) is 11.1 Å². The van der Waals surface area contributed by atoms with E-state index in [0.29, 0.717) is 13.1 Å². The Morgan fingerprint density at radius 3 is 2.17 bits per heavy atom. The molecule has 2 amide bonds. The van der Waals surface area contributed by atoms with Crippen LogP contribution < -0.4 is 5.32 Å². The largest absolute Gasteiger partial charge is 0.508 e. The number of phenols is 1. The first kappa shape index (κ1) is 24.0. The number of urea groups is 1. The third kappa shape index (κ3) is 9.62. The van der Waals surface area contributed by atoms with Gasteiger partial charge in [0, 0.05) is 26.2 Å². The van der Waals surface area contributed by atoms with Gasteiger partial charge < -0.3 is 25.3 Å². The molecule has 3 N–H and O–H groups in total. The molecule has 0 radical (unpaired) electrons. The van der Waals surface area contributed by atoms with E-state index in [1.165, 1.54) is 5.56 Å². The minimum Gasteiger partial charge on any atom is -0.508 e. The van der Waals surface area contributed by atoms with Gasteiger partial charge in [-0.05, 0) is 50.2 Å². The maximum absolute atomic E-state index is 12.4. The molecule has 2 aromatic rings. The molecule has 0 bridgehead atoms. The fourth-order valence-electron chi connectivity index (χ4n) is 2.72. The zero-order chi connectivity index (χ0) is 21.6. The van der Waals surface area contributed by atoms with Crippen LogP contribution in [0.5, 0.6) is 5.75 Å². The Morgan fingerprint density at radius 2 is 1.62 bits per heavy atom. The molecule has 0 unspecified atom stereocenters. The van der Waals surface area contributed by atoms with Gasteiger partial charge in [0.1, 0.15) is 5.75 Å². The summed E-state index contributed by atoms with van der Waals surface area (Å²) in [7, 11) is 5.84. The van der Waals surface area contributed by atoms with Crippen LogP contribution >= 0.6 is 0 Å². The van der Waals surface area contributed by atoms with Crippen molar-refractivity contribution >= 4 is 12.5 Å². The minimum absolute atomic E-state index is 0.0570. The van der Waals surface area contributed by atoms with E-state index in [-0.39, 0.29) is 24.3 Å². The predicted octanol–water partition coefficient (Wildman–Crippen LogP) is 2.45. The predicted molar refractivity (Wildman–Crippen MR) is 114 cm³/mol. The number of carboxylic acid groups (broad SMARTS) is 1. The van der Waals surface area contributed by atoms with Crippen molar-refractivity contribution in [3.05, 3.63) is 65.7 Å². The Balaban J connectivity index is 0.00000132. The second-order valence-corrected chi connectivity index (χ2v) is 6.94. The normalized spacial score (nSPS) is 11.2. The average molecular weight is 402 g/mol. The Bertz CT molecular complexity index is 721. The van der Waals surface area contributed by atoms with Gasteiger partial charge in [-0.2, -0.15) is 0 Å². The molecule has 29 heavy (non-hydrogen) atoms. The van der Waals surface area contributed by atoms with Crippen LogP contribution in [0.3, 0.4) is 0 Å². The van der Waals surface area contributed by atoms with E-state index in [9.17, 15) is 9.90 Å². The van der Waals surface area contributed by atoms with E-state index >= 15 is 0 Å². The molecule has 0 aromatic heterocycles. The highest BCUT2D eigenvalue weighted by Gasteiger charge is 2.15. The third-order valence-electron chi connectivity index (χ3n) is 4.55. The van der Waals surface area contributed by atoms with Crippen LogP contribution in [0.15, 0.2) is 54.6 Å². The van der Waals surface area contributed by atoms with Gasteiger partial charge in [0.25, 0.3) is 6.47 Å². The van der Waals surface area contributed by atoms with Gasteiger partial charge in [0.2, 0.25) is 0 Å². The van der Waals surface area contributed by atoms with Crippen molar-refractivity contribution in [3.8, 4) is 5.75 Å². The van der Waals surface area contributed by atoms with Gasteiger partial charge >= 0.3 is 6.03 Å². The molecule has 7 heteroatoms. The van der Waals surface area contributed by atoms with Crippen molar-refractivity contribution in [1.82, 2.24) is 15.1 Å². The number of nitrogens with zero attached hydrogens (tertiary/aromatic N) is 2. The summed E-state index contributed by atoms with van der Waals surface area (Å²) in [6.07, 6.45) is 1.65. The van der Waals surface area contributed by atoms with Crippen LogP contribution in [-0.2, 0) is 17.6 Å². The molecule has 2 aromatic carbocycles. The van der Waals surface area contributed by atoms with E-state index < -0.39 is 0 Å². The molecule has 2 rings (SSSR count). The fraction of sp³-hybridized carbons (Fsp3) is 0.364. The molecule has 7 nitrogen and oxygen atoms in total. The highest BCUT2D eigenvalue weighted by atomic mass is 16.3. The molecular weight excluding hydrogens is 370 g/mol. The van der Waals surface area contributed by atoms with Crippen molar-refractivity contribution in [3.63, 3.8) is 0 Å². The second kappa shape index (κ2) is 13.2. The summed E-state index contributed by atoms with van der Waals surface area (Å²) in [5.41, 5.74) is 2.36. The lowest BCUT2D eigenvalue weighted by atomic mass is 10.0. The summed E-state index contributed by atoms with van der Waals surface area (Å²) >= 11 is 0. The van der Waals surface area contributed by atoms with Crippen LogP contribution in [-0.4, -0.2) is 72.8 Å². The zero-order valence-corrected chi connectivity index (χ0v) is 17.3. The molecule has 0 aliphatic heterocycles. The lowest BCUT2D eigenvalue weighted by molar-refractivity contribution is -0.122. The molecule has 0 spiro atoms. The summed E-state index contributed by atoms with van der Waals surface area (Å²) in [6.45, 7) is 1.00. The molecule has 0 fully saturated rings. The number of hydrogen-bond donors (Lipinski definition) is 3. The number of benzene rings is 2. The average Bonchev–Trinajstić information content (AvgIpc) is 2.71. The lowest BCUT2D eigenvalue weighted by Crippen LogP contribution is -2.46.